The van der Waals surface area contributed by atoms with Crippen LogP contribution in [0.15, 0.2) is 43.0 Å². The molecule has 2 aliphatic heterocycles. The lowest BCUT2D eigenvalue weighted by atomic mass is 9.94. The molecule has 0 aromatic heterocycles. The number of ether oxygens (including phenoxy) is 2. The predicted octanol–water partition coefficient (Wildman–Crippen LogP) is 3.62. The number of hydrogen-bond donors (Lipinski definition) is 0. The Labute approximate surface area is 130 Å². The molecule has 0 saturated carbocycles. The van der Waals surface area contributed by atoms with Gasteiger partial charge in [0.25, 0.3) is 0 Å². The van der Waals surface area contributed by atoms with Gasteiger partial charge in [0, 0.05) is 19.6 Å². The van der Waals surface area contributed by atoms with Gasteiger partial charge in [-0.2, -0.15) is 0 Å². The predicted molar refractivity (Wildman–Crippen MR) is 86.9 cm³/mol. The van der Waals surface area contributed by atoms with Gasteiger partial charge in [0.05, 0.1) is 0 Å². The van der Waals surface area contributed by atoms with Gasteiger partial charge in [-0.05, 0) is 40.8 Å². The minimum Gasteiger partial charge on any atom is -0.454 e. The second-order valence-electron chi connectivity index (χ2n) is 5.84. The van der Waals surface area contributed by atoms with Crippen molar-refractivity contribution in [1.29, 1.82) is 0 Å². The summed E-state index contributed by atoms with van der Waals surface area (Å²) in [4.78, 5) is 2.48. The highest BCUT2D eigenvalue weighted by Crippen LogP contribution is 2.33. The van der Waals surface area contributed by atoms with Crippen molar-refractivity contribution in [2.75, 3.05) is 13.3 Å². The first kappa shape index (κ1) is 13.4. The molecule has 0 unspecified atom stereocenters. The number of fused-ring (bicyclic) bond motifs is 2. The Morgan fingerprint density at radius 3 is 2.95 bits per heavy atom. The molecule has 2 aromatic carbocycles. The minimum atomic E-state index is 0.334. The van der Waals surface area contributed by atoms with Crippen LogP contribution in [-0.2, 0) is 19.5 Å². The Morgan fingerprint density at radius 2 is 2.05 bits per heavy atom. The largest absolute Gasteiger partial charge is 0.454 e. The second kappa shape index (κ2) is 5.50. The van der Waals surface area contributed by atoms with Crippen LogP contribution in [0.5, 0.6) is 11.5 Å². The first-order chi connectivity index (χ1) is 10.8. The molecule has 112 valence electrons. The SMILES string of the molecule is C=Cc1cccc2c1CCN(Cc1ccc3c(c1)OCO3)C2. The molecule has 0 amide bonds. The van der Waals surface area contributed by atoms with Crippen LogP contribution in [0.1, 0.15) is 22.3 Å². The molecule has 4 rings (SSSR count). The molecule has 2 aliphatic rings. The first-order valence-electron chi connectivity index (χ1n) is 7.67. The van der Waals surface area contributed by atoms with Gasteiger partial charge in [0.15, 0.2) is 11.5 Å². The number of nitrogens with zero attached hydrogens (tertiary/aromatic N) is 1. The Hall–Kier alpha value is -2.26. The smallest absolute Gasteiger partial charge is 0.231 e. The van der Waals surface area contributed by atoms with Crippen LogP contribution in [0.25, 0.3) is 6.08 Å². The zero-order valence-corrected chi connectivity index (χ0v) is 12.5. The van der Waals surface area contributed by atoms with E-state index >= 15 is 0 Å². The Bertz CT molecular complexity index is 723. The third-order valence-corrected chi connectivity index (χ3v) is 4.44. The van der Waals surface area contributed by atoms with Crippen molar-refractivity contribution in [3.8, 4) is 11.5 Å². The average Bonchev–Trinajstić information content (AvgIpc) is 3.01. The van der Waals surface area contributed by atoms with E-state index < -0.39 is 0 Å². The summed E-state index contributed by atoms with van der Waals surface area (Å²) in [6.07, 6.45) is 3.05. The average molecular weight is 293 g/mol. The maximum absolute atomic E-state index is 5.46. The lowest BCUT2D eigenvalue weighted by molar-refractivity contribution is 0.174. The number of rotatable bonds is 3. The molecule has 0 radical (unpaired) electrons. The molecule has 0 saturated heterocycles. The maximum atomic E-state index is 5.46. The van der Waals surface area contributed by atoms with Crippen molar-refractivity contribution in [3.63, 3.8) is 0 Å². The molecule has 0 atom stereocenters. The van der Waals surface area contributed by atoms with Gasteiger partial charge in [-0.25, -0.2) is 0 Å². The lowest BCUT2D eigenvalue weighted by Gasteiger charge is -2.29. The Morgan fingerprint density at radius 1 is 1.14 bits per heavy atom. The quantitative estimate of drug-likeness (QED) is 0.863. The fraction of sp³-hybridized carbons (Fsp3) is 0.263. The fourth-order valence-corrected chi connectivity index (χ4v) is 3.32. The summed E-state index contributed by atoms with van der Waals surface area (Å²) in [6, 6.07) is 12.7. The normalized spacial score (nSPS) is 16.4. The number of benzene rings is 2. The van der Waals surface area contributed by atoms with Gasteiger partial charge in [0.2, 0.25) is 6.79 Å². The summed E-state index contributed by atoms with van der Waals surface area (Å²) in [6.45, 7) is 7.26. The molecule has 2 aromatic rings. The van der Waals surface area contributed by atoms with Crippen LogP contribution in [0.4, 0.5) is 0 Å². The highest BCUT2D eigenvalue weighted by atomic mass is 16.7. The summed E-state index contributed by atoms with van der Waals surface area (Å²) < 4.78 is 10.8. The zero-order valence-electron chi connectivity index (χ0n) is 12.5. The van der Waals surface area contributed by atoms with Gasteiger partial charge < -0.3 is 9.47 Å². The monoisotopic (exact) mass is 293 g/mol. The molecule has 0 spiro atoms. The standard InChI is InChI=1S/C19H19NO2/c1-2-15-4-3-5-16-12-20(9-8-17(15)16)11-14-6-7-18-19(10-14)22-13-21-18/h2-7,10H,1,8-9,11-13H2. The minimum absolute atomic E-state index is 0.334. The summed E-state index contributed by atoms with van der Waals surface area (Å²) in [5.74, 6) is 1.72. The van der Waals surface area contributed by atoms with Crippen LogP contribution in [0.2, 0.25) is 0 Å². The third kappa shape index (κ3) is 2.38. The van der Waals surface area contributed by atoms with Crippen molar-refractivity contribution in [1.82, 2.24) is 4.90 Å². The first-order valence-corrected chi connectivity index (χ1v) is 7.67. The van der Waals surface area contributed by atoms with Crippen LogP contribution in [0.3, 0.4) is 0 Å². The van der Waals surface area contributed by atoms with Crippen LogP contribution in [-0.4, -0.2) is 18.2 Å². The van der Waals surface area contributed by atoms with Gasteiger partial charge >= 0.3 is 0 Å². The molecule has 0 bridgehead atoms. The summed E-state index contributed by atoms with van der Waals surface area (Å²) >= 11 is 0. The molecule has 0 N–H and O–H groups in total. The van der Waals surface area contributed by atoms with E-state index in [4.69, 9.17) is 9.47 Å². The lowest BCUT2D eigenvalue weighted by Crippen LogP contribution is -2.30. The molecule has 22 heavy (non-hydrogen) atoms. The Balaban J connectivity index is 1.52. The van der Waals surface area contributed by atoms with E-state index in [2.05, 4.69) is 41.8 Å². The molecule has 0 fully saturated rings. The van der Waals surface area contributed by atoms with Crippen LogP contribution >= 0.6 is 0 Å². The topological polar surface area (TPSA) is 21.7 Å². The van der Waals surface area contributed by atoms with Crippen LogP contribution < -0.4 is 9.47 Å². The van der Waals surface area contributed by atoms with Crippen LogP contribution in [0, 0.1) is 0 Å². The van der Waals surface area contributed by atoms with E-state index in [0.29, 0.717) is 6.79 Å². The Kier molecular flexibility index (Phi) is 3.35. The van der Waals surface area contributed by atoms with Gasteiger partial charge in [0.1, 0.15) is 0 Å². The van der Waals surface area contributed by atoms with E-state index in [1.807, 2.05) is 12.1 Å². The van der Waals surface area contributed by atoms with E-state index in [-0.39, 0.29) is 0 Å². The van der Waals surface area contributed by atoms with E-state index in [0.717, 1.165) is 37.6 Å². The fourth-order valence-electron chi connectivity index (χ4n) is 3.32. The van der Waals surface area contributed by atoms with Crippen molar-refractivity contribution in [3.05, 3.63) is 65.2 Å². The van der Waals surface area contributed by atoms with Gasteiger partial charge in [-0.3, -0.25) is 4.90 Å². The van der Waals surface area contributed by atoms with Crippen molar-refractivity contribution in [2.45, 2.75) is 19.5 Å². The highest BCUT2D eigenvalue weighted by molar-refractivity contribution is 5.55. The molecular formula is C19H19NO2. The van der Waals surface area contributed by atoms with E-state index in [1.54, 1.807) is 0 Å². The third-order valence-electron chi connectivity index (χ3n) is 4.44. The molecule has 3 heteroatoms. The summed E-state index contributed by atoms with van der Waals surface area (Å²) in [7, 11) is 0. The maximum Gasteiger partial charge on any atom is 0.231 e. The van der Waals surface area contributed by atoms with Gasteiger partial charge in [-0.1, -0.05) is 36.9 Å². The van der Waals surface area contributed by atoms with E-state index in [9.17, 15) is 0 Å². The molecule has 2 heterocycles. The van der Waals surface area contributed by atoms with Crippen molar-refractivity contribution < 1.29 is 9.47 Å². The summed E-state index contributed by atoms with van der Waals surface area (Å²) in [5, 5.41) is 0. The summed E-state index contributed by atoms with van der Waals surface area (Å²) in [5.41, 5.74) is 5.43. The van der Waals surface area contributed by atoms with E-state index in [1.165, 1.54) is 22.3 Å². The molecule has 3 nitrogen and oxygen atoms in total. The second-order valence-corrected chi connectivity index (χ2v) is 5.84. The molecule has 0 aliphatic carbocycles. The molecular weight excluding hydrogens is 274 g/mol. The van der Waals surface area contributed by atoms with Crippen molar-refractivity contribution >= 4 is 6.08 Å². The highest BCUT2D eigenvalue weighted by Gasteiger charge is 2.19. The zero-order chi connectivity index (χ0) is 14.9. The van der Waals surface area contributed by atoms with Gasteiger partial charge in [-0.15, -0.1) is 0 Å². The number of hydrogen-bond acceptors (Lipinski definition) is 3. The van der Waals surface area contributed by atoms with Crippen molar-refractivity contribution in [2.24, 2.45) is 0 Å².